The molecule has 20 heavy (non-hydrogen) atoms. The van der Waals surface area contributed by atoms with Gasteiger partial charge >= 0.3 is 0 Å². The molecule has 2 aromatic rings. The molecule has 0 unspecified atom stereocenters. The fourth-order valence-corrected chi connectivity index (χ4v) is 2.29. The minimum absolute atomic E-state index is 0.176. The lowest BCUT2D eigenvalue weighted by atomic mass is 10.2. The van der Waals surface area contributed by atoms with Gasteiger partial charge in [0.1, 0.15) is 6.61 Å². The van der Waals surface area contributed by atoms with Crippen molar-refractivity contribution in [2.45, 2.75) is 6.54 Å². The first-order valence-corrected chi connectivity index (χ1v) is 6.71. The van der Waals surface area contributed by atoms with Gasteiger partial charge in [-0.3, -0.25) is 9.59 Å². The molecule has 0 aliphatic rings. The van der Waals surface area contributed by atoms with Gasteiger partial charge in [-0.25, -0.2) is 0 Å². The molecule has 1 amide bonds. The van der Waals surface area contributed by atoms with E-state index < -0.39 is 0 Å². The number of hydrogen-bond donors (Lipinski definition) is 3. The number of nitrogens with one attached hydrogen (secondary N) is 2. The third-order valence-electron chi connectivity index (χ3n) is 2.43. The molecule has 0 fully saturated rings. The summed E-state index contributed by atoms with van der Waals surface area (Å²) < 4.78 is 0. The van der Waals surface area contributed by atoms with Crippen molar-refractivity contribution in [1.29, 1.82) is 0 Å². The fourth-order valence-electron chi connectivity index (χ4n) is 1.54. The van der Waals surface area contributed by atoms with Crippen molar-refractivity contribution in [3.8, 4) is 11.8 Å². The standard InChI is InChI=1S/C14H12N2O3S/c17-5-1-2-10-6-12(20-9-10)8-16-14(19)11-3-4-15-13(18)7-11/h3-4,6-7,9,17H,5,8H2,(H,15,18)(H,16,19). The van der Waals surface area contributed by atoms with Crippen LogP contribution in [0.5, 0.6) is 0 Å². The van der Waals surface area contributed by atoms with Crippen LogP contribution in [0.15, 0.2) is 34.6 Å². The molecule has 5 nitrogen and oxygen atoms in total. The number of carbonyl (C=O) groups is 1. The number of thiophene rings is 1. The van der Waals surface area contributed by atoms with Gasteiger partial charge in [0.2, 0.25) is 5.56 Å². The summed E-state index contributed by atoms with van der Waals surface area (Å²) in [6.07, 6.45) is 1.44. The maximum Gasteiger partial charge on any atom is 0.251 e. The van der Waals surface area contributed by atoms with Gasteiger partial charge < -0.3 is 15.4 Å². The molecule has 102 valence electrons. The minimum atomic E-state index is -0.310. The van der Waals surface area contributed by atoms with Crippen molar-refractivity contribution in [1.82, 2.24) is 10.3 Å². The Labute approximate surface area is 119 Å². The van der Waals surface area contributed by atoms with E-state index in [1.807, 2.05) is 11.4 Å². The Morgan fingerprint density at radius 1 is 1.45 bits per heavy atom. The van der Waals surface area contributed by atoms with Crippen molar-refractivity contribution in [2.75, 3.05) is 6.61 Å². The van der Waals surface area contributed by atoms with Crippen LogP contribution >= 0.6 is 11.3 Å². The Hall–Kier alpha value is -2.36. The zero-order valence-electron chi connectivity index (χ0n) is 10.5. The first-order valence-electron chi connectivity index (χ1n) is 5.83. The van der Waals surface area contributed by atoms with Crippen molar-refractivity contribution in [3.63, 3.8) is 0 Å². The number of aromatic amines is 1. The second kappa shape index (κ2) is 6.70. The SMILES string of the molecule is O=C(NCc1cc(C#CCO)cs1)c1cc[nH]c(=O)c1. The van der Waals surface area contributed by atoms with Gasteiger partial charge in [-0.1, -0.05) is 11.8 Å². The number of H-pyrrole nitrogens is 1. The van der Waals surface area contributed by atoms with E-state index in [2.05, 4.69) is 22.1 Å². The van der Waals surface area contributed by atoms with Crippen molar-refractivity contribution >= 4 is 17.2 Å². The first kappa shape index (κ1) is 14.1. The Kier molecular flexibility index (Phi) is 4.71. The number of hydrogen-bond acceptors (Lipinski definition) is 4. The number of pyridine rings is 1. The lowest BCUT2D eigenvalue weighted by molar-refractivity contribution is 0.0951. The summed E-state index contributed by atoms with van der Waals surface area (Å²) in [4.78, 5) is 26.3. The predicted molar refractivity (Wildman–Crippen MR) is 76.5 cm³/mol. The molecular weight excluding hydrogens is 276 g/mol. The van der Waals surface area contributed by atoms with Crippen LogP contribution in [0.4, 0.5) is 0 Å². The van der Waals surface area contributed by atoms with Gasteiger partial charge in [-0.05, 0) is 12.1 Å². The Bertz CT molecular complexity index is 722. The minimum Gasteiger partial charge on any atom is -0.384 e. The predicted octanol–water partition coefficient (Wildman–Crippen LogP) is 0.710. The lowest BCUT2D eigenvalue weighted by Crippen LogP contribution is -2.23. The molecule has 6 heteroatoms. The summed E-state index contributed by atoms with van der Waals surface area (Å²) in [5.41, 5.74) is 0.824. The molecule has 2 heterocycles. The zero-order chi connectivity index (χ0) is 14.4. The smallest absolute Gasteiger partial charge is 0.251 e. The normalized spacial score (nSPS) is 9.65. The number of aliphatic hydroxyl groups is 1. The summed E-state index contributed by atoms with van der Waals surface area (Å²) in [6.45, 7) is 0.196. The average molecular weight is 288 g/mol. The van der Waals surface area contributed by atoms with Gasteiger partial charge in [0.15, 0.2) is 0 Å². The highest BCUT2D eigenvalue weighted by molar-refractivity contribution is 7.10. The van der Waals surface area contributed by atoms with Crippen LogP contribution in [-0.2, 0) is 6.54 Å². The molecule has 0 radical (unpaired) electrons. The van der Waals surface area contributed by atoms with Gasteiger partial charge in [0, 0.05) is 33.6 Å². The molecule has 3 N–H and O–H groups in total. The molecule has 0 saturated carbocycles. The van der Waals surface area contributed by atoms with E-state index >= 15 is 0 Å². The summed E-state index contributed by atoms with van der Waals surface area (Å²) in [6, 6.07) is 4.65. The van der Waals surface area contributed by atoms with Crippen molar-refractivity contribution in [2.24, 2.45) is 0 Å². The maximum absolute atomic E-state index is 11.8. The molecule has 0 aliphatic carbocycles. The zero-order valence-corrected chi connectivity index (χ0v) is 11.3. The molecular formula is C14H12N2O3S. The Morgan fingerprint density at radius 3 is 3.05 bits per heavy atom. The van der Waals surface area contributed by atoms with E-state index in [1.165, 1.54) is 23.6 Å². The molecule has 0 aliphatic heterocycles. The maximum atomic E-state index is 11.8. The second-order valence-electron chi connectivity index (χ2n) is 3.89. The summed E-state index contributed by atoms with van der Waals surface area (Å²) in [5.74, 6) is 5.06. The van der Waals surface area contributed by atoms with E-state index in [4.69, 9.17) is 5.11 Å². The quantitative estimate of drug-likeness (QED) is 0.728. The Balaban J connectivity index is 1.96. The van der Waals surface area contributed by atoms with Gasteiger partial charge in [-0.15, -0.1) is 11.3 Å². The fraction of sp³-hybridized carbons (Fsp3) is 0.143. The first-order chi connectivity index (χ1) is 9.69. The topological polar surface area (TPSA) is 82.2 Å². The van der Waals surface area contributed by atoms with Crippen LogP contribution < -0.4 is 10.9 Å². The van der Waals surface area contributed by atoms with Crippen molar-refractivity contribution < 1.29 is 9.90 Å². The van der Waals surface area contributed by atoms with Crippen LogP contribution in [0.25, 0.3) is 0 Å². The van der Waals surface area contributed by atoms with Crippen LogP contribution in [0, 0.1) is 11.8 Å². The molecule has 0 bridgehead atoms. The molecule has 2 aromatic heterocycles. The van der Waals surface area contributed by atoms with E-state index in [0.29, 0.717) is 12.1 Å². The highest BCUT2D eigenvalue weighted by atomic mass is 32.1. The molecule has 0 atom stereocenters. The van der Waals surface area contributed by atoms with Crippen LogP contribution in [0.3, 0.4) is 0 Å². The Morgan fingerprint density at radius 2 is 2.30 bits per heavy atom. The van der Waals surface area contributed by atoms with Gasteiger partial charge in [0.25, 0.3) is 5.91 Å². The molecule has 0 saturated heterocycles. The van der Waals surface area contributed by atoms with E-state index in [-0.39, 0.29) is 18.1 Å². The van der Waals surface area contributed by atoms with E-state index in [9.17, 15) is 9.59 Å². The van der Waals surface area contributed by atoms with E-state index in [0.717, 1.165) is 10.4 Å². The molecule has 2 rings (SSSR count). The number of amides is 1. The summed E-state index contributed by atoms with van der Waals surface area (Å²) >= 11 is 1.47. The van der Waals surface area contributed by atoms with Crippen molar-refractivity contribution in [3.05, 3.63) is 56.1 Å². The highest BCUT2D eigenvalue weighted by Gasteiger charge is 2.06. The largest absolute Gasteiger partial charge is 0.384 e. The lowest BCUT2D eigenvalue weighted by Gasteiger charge is -2.02. The molecule has 0 spiro atoms. The van der Waals surface area contributed by atoms with Gasteiger partial charge in [-0.2, -0.15) is 0 Å². The van der Waals surface area contributed by atoms with Crippen LogP contribution in [0.2, 0.25) is 0 Å². The number of aliphatic hydroxyl groups excluding tert-OH is 1. The van der Waals surface area contributed by atoms with Crippen LogP contribution in [0.1, 0.15) is 20.8 Å². The van der Waals surface area contributed by atoms with E-state index in [1.54, 1.807) is 6.07 Å². The highest BCUT2D eigenvalue weighted by Crippen LogP contribution is 2.13. The third kappa shape index (κ3) is 3.82. The second-order valence-corrected chi connectivity index (χ2v) is 4.88. The monoisotopic (exact) mass is 288 g/mol. The van der Waals surface area contributed by atoms with Crippen LogP contribution in [-0.4, -0.2) is 22.6 Å². The van der Waals surface area contributed by atoms with Gasteiger partial charge in [0.05, 0.1) is 6.54 Å². The molecule has 0 aromatic carbocycles. The third-order valence-corrected chi connectivity index (χ3v) is 3.36. The summed E-state index contributed by atoms with van der Waals surface area (Å²) in [7, 11) is 0. The number of carbonyl (C=O) groups excluding carboxylic acids is 1. The number of rotatable bonds is 3. The summed E-state index contributed by atoms with van der Waals surface area (Å²) in [5, 5.41) is 13.2. The average Bonchev–Trinajstić information content (AvgIpc) is 2.90. The number of aromatic nitrogens is 1.